The van der Waals surface area contributed by atoms with E-state index < -0.39 is 4.92 Å². The van der Waals surface area contributed by atoms with Gasteiger partial charge in [0.15, 0.2) is 0 Å². The van der Waals surface area contributed by atoms with Gasteiger partial charge in [-0.3, -0.25) is 14.9 Å². The van der Waals surface area contributed by atoms with Crippen LogP contribution in [0.15, 0.2) is 42.5 Å². The molecule has 0 atom stereocenters. The zero-order valence-corrected chi connectivity index (χ0v) is 15.6. The summed E-state index contributed by atoms with van der Waals surface area (Å²) in [7, 11) is 2.13. The monoisotopic (exact) mass is 368 g/mol. The molecule has 0 aromatic heterocycles. The molecule has 3 rings (SSSR count). The first-order valence-electron chi connectivity index (χ1n) is 9.04. The van der Waals surface area contributed by atoms with Crippen molar-refractivity contribution in [3.63, 3.8) is 0 Å². The lowest BCUT2D eigenvalue weighted by Gasteiger charge is -2.23. The van der Waals surface area contributed by atoms with E-state index in [-0.39, 0.29) is 17.3 Å². The van der Waals surface area contributed by atoms with Gasteiger partial charge in [0.25, 0.3) is 11.6 Å². The zero-order valence-electron chi connectivity index (χ0n) is 15.6. The number of likely N-dealkylation sites (N-methyl/N-ethyl adjacent to an activating group) is 1. The van der Waals surface area contributed by atoms with Gasteiger partial charge in [0.05, 0.1) is 4.92 Å². The molecule has 1 heterocycles. The van der Waals surface area contributed by atoms with Gasteiger partial charge >= 0.3 is 0 Å². The van der Waals surface area contributed by atoms with Gasteiger partial charge < -0.3 is 15.1 Å². The number of anilines is 2. The van der Waals surface area contributed by atoms with Crippen LogP contribution in [0.3, 0.4) is 0 Å². The van der Waals surface area contributed by atoms with Crippen molar-refractivity contribution in [1.82, 2.24) is 4.90 Å². The van der Waals surface area contributed by atoms with E-state index in [2.05, 4.69) is 22.2 Å². The SMILES string of the molecule is Cc1cccc([N+](=O)[O-])c1NC(=O)c1ccc(N2CCCN(C)CC2)cc1. The highest BCUT2D eigenvalue weighted by Gasteiger charge is 2.19. The van der Waals surface area contributed by atoms with Crippen LogP contribution in [-0.4, -0.2) is 49.0 Å². The summed E-state index contributed by atoms with van der Waals surface area (Å²) >= 11 is 0. The molecule has 1 fully saturated rings. The van der Waals surface area contributed by atoms with Crippen LogP contribution in [0, 0.1) is 17.0 Å². The fraction of sp³-hybridized carbons (Fsp3) is 0.350. The van der Waals surface area contributed by atoms with Crippen LogP contribution in [-0.2, 0) is 0 Å². The number of nitrogens with zero attached hydrogens (tertiary/aromatic N) is 3. The van der Waals surface area contributed by atoms with Crippen LogP contribution in [0.4, 0.5) is 17.1 Å². The lowest BCUT2D eigenvalue weighted by atomic mass is 10.1. The lowest BCUT2D eigenvalue weighted by Crippen LogP contribution is -2.28. The van der Waals surface area contributed by atoms with Crippen molar-refractivity contribution < 1.29 is 9.72 Å². The second-order valence-corrected chi connectivity index (χ2v) is 6.87. The average molecular weight is 368 g/mol. The molecular weight excluding hydrogens is 344 g/mol. The van der Waals surface area contributed by atoms with E-state index in [9.17, 15) is 14.9 Å². The standard InChI is InChI=1S/C20H24N4O3/c1-15-5-3-6-18(24(26)27)19(15)21-20(25)16-7-9-17(10-8-16)23-12-4-11-22(2)13-14-23/h3,5-10H,4,11-14H2,1-2H3,(H,21,25). The van der Waals surface area contributed by atoms with Gasteiger partial charge in [-0.1, -0.05) is 12.1 Å². The summed E-state index contributed by atoms with van der Waals surface area (Å²) in [5.41, 5.74) is 2.36. The Balaban J connectivity index is 1.74. The largest absolute Gasteiger partial charge is 0.370 e. The summed E-state index contributed by atoms with van der Waals surface area (Å²) in [6, 6.07) is 12.1. The Morgan fingerprint density at radius 3 is 2.52 bits per heavy atom. The molecule has 7 heteroatoms. The molecule has 1 saturated heterocycles. The molecule has 1 aliphatic heterocycles. The Labute approximate surface area is 158 Å². The summed E-state index contributed by atoms with van der Waals surface area (Å²) < 4.78 is 0. The van der Waals surface area contributed by atoms with Crippen LogP contribution < -0.4 is 10.2 Å². The Kier molecular flexibility index (Phi) is 5.71. The van der Waals surface area contributed by atoms with E-state index in [0.29, 0.717) is 11.1 Å². The molecule has 2 aromatic carbocycles. The third-order valence-corrected chi connectivity index (χ3v) is 4.90. The molecule has 1 aliphatic rings. The van der Waals surface area contributed by atoms with Gasteiger partial charge in [0, 0.05) is 37.0 Å². The molecule has 7 nitrogen and oxygen atoms in total. The van der Waals surface area contributed by atoms with E-state index in [4.69, 9.17) is 0 Å². The van der Waals surface area contributed by atoms with Gasteiger partial charge in [-0.25, -0.2) is 0 Å². The van der Waals surface area contributed by atoms with Crippen molar-refractivity contribution in [2.75, 3.05) is 43.4 Å². The van der Waals surface area contributed by atoms with Crippen molar-refractivity contribution in [3.05, 3.63) is 63.7 Å². The number of amides is 1. The van der Waals surface area contributed by atoms with Crippen molar-refractivity contribution in [2.45, 2.75) is 13.3 Å². The fourth-order valence-corrected chi connectivity index (χ4v) is 3.28. The number of hydrogen-bond donors (Lipinski definition) is 1. The molecule has 0 bridgehead atoms. The molecule has 1 N–H and O–H groups in total. The Morgan fingerprint density at radius 2 is 1.81 bits per heavy atom. The number of aryl methyl sites for hydroxylation is 1. The summed E-state index contributed by atoms with van der Waals surface area (Å²) in [5.74, 6) is -0.352. The maximum Gasteiger partial charge on any atom is 0.293 e. The summed E-state index contributed by atoms with van der Waals surface area (Å²) in [5, 5.41) is 13.9. The Morgan fingerprint density at radius 1 is 1.07 bits per heavy atom. The molecule has 0 unspecified atom stereocenters. The third kappa shape index (κ3) is 4.43. The third-order valence-electron chi connectivity index (χ3n) is 4.90. The number of para-hydroxylation sites is 1. The Hall–Kier alpha value is -2.93. The summed E-state index contributed by atoms with van der Waals surface area (Å²) in [4.78, 5) is 27.9. The van der Waals surface area contributed by atoms with E-state index >= 15 is 0 Å². The number of hydrogen-bond acceptors (Lipinski definition) is 5. The number of nitro benzene ring substituents is 1. The van der Waals surface area contributed by atoms with Gasteiger partial charge in [-0.05, 0) is 56.8 Å². The smallest absolute Gasteiger partial charge is 0.293 e. The summed E-state index contributed by atoms with van der Waals surface area (Å²) in [6.07, 6.45) is 1.11. The first-order valence-corrected chi connectivity index (χ1v) is 9.04. The molecular formula is C20H24N4O3. The van der Waals surface area contributed by atoms with Crippen molar-refractivity contribution >= 4 is 23.0 Å². The lowest BCUT2D eigenvalue weighted by molar-refractivity contribution is -0.383. The normalized spacial score (nSPS) is 15.3. The molecule has 0 saturated carbocycles. The predicted octanol–water partition coefficient (Wildman–Crippen LogP) is 3.30. The van der Waals surface area contributed by atoms with Crippen molar-refractivity contribution in [2.24, 2.45) is 0 Å². The molecule has 0 aliphatic carbocycles. The maximum atomic E-state index is 12.6. The fourth-order valence-electron chi connectivity index (χ4n) is 3.28. The summed E-state index contributed by atoms with van der Waals surface area (Å²) in [6.45, 7) is 5.79. The number of carbonyl (C=O) groups excluding carboxylic acids is 1. The van der Waals surface area contributed by atoms with Gasteiger partial charge in [-0.15, -0.1) is 0 Å². The minimum atomic E-state index is -0.484. The molecule has 27 heavy (non-hydrogen) atoms. The number of benzene rings is 2. The van der Waals surface area contributed by atoms with E-state index in [1.165, 1.54) is 6.07 Å². The van der Waals surface area contributed by atoms with Crippen LogP contribution in [0.1, 0.15) is 22.3 Å². The van der Waals surface area contributed by atoms with E-state index in [1.807, 2.05) is 12.1 Å². The quantitative estimate of drug-likeness (QED) is 0.662. The maximum absolute atomic E-state index is 12.6. The minimum absolute atomic E-state index is 0.103. The highest BCUT2D eigenvalue weighted by molar-refractivity contribution is 6.06. The van der Waals surface area contributed by atoms with Crippen LogP contribution in [0.25, 0.3) is 0 Å². The van der Waals surface area contributed by atoms with E-state index in [1.54, 1.807) is 31.2 Å². The molecule has 142 valence electrons. The van der Waals surface area contributed by atoms with E-state index in [0.717, 1.165) is 38.3 Å². The molecule has 1 amide bonds. The van der Waals surface area contributed by atoms with Gasteiger partial charge in [-0.2, -0.15) is 0 Å². The van der Waals surface area contributed by atoms with Crippen molar-refractivity contribution in [3.8, 4) is 0 Å². The molecule has 0 radical (unpaired) electrons. The number of nitro groups is 1. The number of nitrogens with one attached hydrogen (secondary N) is 1. The number of carbonyl (C=O) groups is 1. The van der Waals surface area contributed by atoms with Crippen LogP contribution in [0.2, 0.25) is 0 Å². The zero-order chi connectivity index (χ0) is 19.4. The molecule has 0 spiro atoms. The van der Waals surface area contributed by atoms with Gasteiger partial charge in [0.2, 0.25) is 0 Å². The van der Waals surface area contributed by atoms with Gasteiger partial charge in [0.1, 0.15) is 5.69 Å². The first kappa shape index (κ1) is 18.8. The second-order valence-electron chi connectivity index (χ2n) is 6.87. The second kappa shape index (κ2) is 8.18. The van der Waals surface area contributed by atoms with Crippen molar-refractivity contribution in [1.29, 1.82) is 0 Å². The average Bonchev–Trinajstić information content (AvgIpc) is 2.88. The minimum Gasteiger partial charge on any atom is -0.370 e. The highest BCUT2D eigenvalue weighted by atomic mass is 16.6. The topological polar surface area (TPSA) is 78.7 Å². The predicted molar refractivity (Wildman–Crippen MR) is 107 cm³/mol. The molecule has 2 aromatic rings. The number of rotatable bonds is 4. The highest BCUT2D eigenvalue weighted by Crippen LogP contribution is 2.28. The van der Waals surface area contributed by atoms with Crippen LogP contribution >= 0.6 is 0 Å². The first-order chi connectivity index (χ1) is 13.0. The Bertz CT molecular complexity index is 836. The van der Waals surface area contributed by atoms with Crippen LogP contribution in [0.5, 0.6) is 0 Å².